The zero-order chi connectivity index (χ0) is 12.6. The van der Waals surface area contributed by atoms with Crippen LogP contribution in [0.4, 0.5) is 0 Å². The van der Waals surface area contributed by atoms with Gasteiger partial charge in [0.2, 0.25) is 0 Å². The molecule has 0 aromatic heterocycles. The molecule has 0 bridgehead atoms. The van der Waals surface area contributed by atoms with E-state index in [-0.39, 0.29) is 0 Å². The maximum Gasteiger partial charge on any atom is 0.0152 e. The van der Waals surface area contributed by atoms with Crippen molar-refractivity contribution in [2.75, 3.05) is 19.6 Å². The lowest BCUT2D eigenvalue weighted by Gasteiger charge is -2.58. The van der Waals surface area contributed by atoms with Gasteiger partial charge in [0.15, 0.2) is 0 Å². The van der Waals surface area contributed by atoms with Crippen LogP contribution in [0, 0.1) is 17.3 Å². The molecule has 3 atom stereocenters. The first-order valence-corrected chi connectivity index (χ1v) is 8.19. The summed E-state index contributed by atoms with van der Waals surface area (Å²) in [6.45, 7) is 5.90. The predicted octanol–water partition coefficient (Wildman–Crippen LogP) is 3.02. The van der Waals surface area contributed by atoms with E-state index in [1.165, 1.54) is 64.5 Å². The molecule has 2 aliphatic carbocycles. The summed E-state index contributed by atoms with van der Waals surface area (Å²) in [5, 5.41) is 0. The maximum atomic E-state index is 5.96. The van der Waals surface area contributed by atoms with Gasteiger partial charge in [-0.3, -0.25) is 4.90 Å². The van der Waals surface area contributed by atoms with E-state index in [1.807, 2.05) is 0 Å². The summed E-state index contributed by atoms with van der Waals surface area (Å²) in [6.07, 6.45) is 11.8. The third kappa shape index (κ3) is 2.12. The van der Waals surface area contributed by atoms with Crippen LogP contribution in [0.25, 0.3) is 0 Å². The van der Waals surface area contributed by atoms with Gasteiger partial charge in [0, 0.05) is 12.6 Å². The van der Waals surface area contributed by atoms with Crippen molar-refractivity contribution < 1.29 is 0 Å². The molecule has 18 heavy (non-hydrogen) atoms. The van der Waals surface area contributed by atoms with Crippen molar-refractivity contribution in [2.45, 2.75) is 64.3 Å². The van der Waals surface area contributed by atoms with Gasteiger partial charge in [0.25, 0.3) is 0 Å². The van der Waals surface area contributed by atoms with Crippen molar-refractivity contribution >= 4 is 0 Å². The Morgan fingerprint density at radius 1 is 1.11 bits per heavy atom. The minimum absolute atomic E-state index is 0.734. The van der Waals surface area contributed by atoms with E-state index in [0.717, 1.165) is 29.8 Å². The molecule has 0 amide bonds. The van der Waals surface area contributed by atoms with Crippen LogP contribution in [0.3, 0.4) is 0 Å². The summed E-state index contributed by atoms with van der Waals surface area (Å²) < 4.78 is 0. The highest BCUT2D eigenvalue weighted by Gasteiger charge is 2.50. The molecule has 1 aliphatic heterocycles. The fraction of sp³-hybridized carbons (Fsp3) is 1.00. The van der Waals surface area contributed by atoms with Gasteiger partial charge in [0.05, 0.1) is 0 Å². The second-order valence-corrected chi connectivity index (χ2v) is 7.23. The molecule has 3 aliphatic rings. The Morgan fingerprint density at radius 2 is 1.89 bits per heavy atom. The molecule has 0 radical (unpaired) electrons. The monoisotopic (exact) mass is 250 g/mol. The highest BCUT2D eigenvalue weighted by molar-refractivity contribution is 5.03. The number of piperidine rings is 1. The van der Waals surface area contributed by atoms with Crippen molar-refractivity contribution in [1.29, 1.82) is 0 Å². The van der Waals surface area contributed by atoms with Gasteiger partial charge >= 0.3 is 0 Å². The lowest BCUT2D eigenvalue weighted by Crippen LogP contribution is -2.59. The molecular formula is C16H30N2. The summed E-state index contributed by atoms with van der Waals surface area (Å²) >= 11 is 0. The molecule has 104 valence electrons. The van der Waals surface area contributed by atoms with Crippen molar-refractivity contribution in [1.82, 2.24) is 4.90 Å². The van der Waals surface area contributed by atoms with Gasteiger partial charge in [-0.1, -0.05) is 26.2 Å². The Labute approximate surface area is 112 Å². The van der Waals surface area contributed by atoms with Crippen LogP contribution in [-0.2, 0) is 0 Å². The van der Waals surface area contributed by atoms with Crippen molar-refractivity contribution in [3.8, 4) is 0 Å². The maximum absolute atomic E-state index is 5.96. The van der Waals surface area contributed by atoms with Crippen LogP contribution in [0.5, 0.6) is 0 Å². The molecular weight excluding hydrogens is 220 g/mol. The molecule has 1 spiro atoms. The van der Waals surface area contributed by atoms with E-state index < -0.39 is 0 Å². The molecule has 0 aromatic rings. The highest BCUT2D eigenvalue weighted by Crippen LogP contribution is 2.54. The van der Waals surface area contributed by atoms with E-state index in [0.29, 0.717) is 0 Å². The molecule has 0 aromatic carbocycles. The van der Waals surface area contributed by atoms with E-state index in [1.54, 1.807) is 0 Å². The van der Waals surface area contributed by atoms with E-state index in [2.05, 4.69) is 11.8 Å². The number of hydrogen-bond donors (Lipinski definition) is 1. The molecule has 2 heteroatoms. The molecule has 1 saturated heterocycles. The summed E-state index contributed by atoms with van der Waals surface area (Å²) in [7, 11) is 0. The largest absolute Gasteiger partial charge is 0.330 e. The van der Waals surface area contributed by atoms with Crippen LogP contribution in [0.15, 0.2) is 0 Å². The Balaban J connectivity index is 1.64. The quantitative estimate of drug-likeness (QED) is 0.816. The number of nitrogens with two attached hydrogens (primary N) is 1. The second-order valence-electron chi connectivity index (χ2n) is 7.23. The van der Waals surface area contributed by atoms with Gasteiger partial charge in [-0.2, -0.15) is 0 Å². The topological polar surface area (TPSA) is 29.3 Å². The van der Waals surface area contributed by atoms with Crippen LogP contribution >= 0.6 is 0 Å². The summed E-state index contributed by atoms with van der Waals surface area (Å²) in [5.41, 5.74) is 6.69. The van der Waals surface area contributed by atoms with Gasteiger partial charge in [-0.05, 0) is 62.4 Å². The van der Waals surface area contributed by atoms with Crippen LogP contribution in [0.1, 0.15) is 58.3 Å². The van der Waals surface area contributed by atoms with Crippen LogP contribution < -0.4 is 5.73 Å². The molecule has 2 N–H and O–H groups in total. The number of likely N-dealkylation sites (tertiary alicyclic amines) is 1. The highest BCUT2D eigenvalue weighted by atomic mass is 15.2. The van der Waals surface area contributed by atoms with Crippen LogP contribution in [-0.4, -0.2) is 30.6 Å². The SMILES string of the molecule is CC1CCN(C2CCC23CCCCC3)CC1CN. The molecule has 2 nitrogen and oxygen atoms in total. The molecule has 1 heterocycles. The van der Waals surface area contributed by atoms with E-state index in [4.69, 9.17) is 5.73 Å². The first kappa shape index (κ1) is 12.9. The second kappa shape index (κ2) is 5.13. The van der Waals surface area contributed by atoms with Crippen molar-refractivity contribution in [3.05, 3.63) is 0 Å². The smallest absolute Gasteiger partial charge is 0.0152 e. The van der Waals surface area contributed by atoms with Crippen molar-refractivity contribution in [3.63, 3.8) is 0 Å². The van der Waals surface area contributed by atoms with Crippen LogP contribution in [0.2, 0.25) is 0 Å². The first-order chi connectivity index (χ1) is 8.75. The standard InChI is InChI=1S/C16H30N2/c1-13-6-10-18(12-14(13)11-17)15-5-9-16(15)7-3-2-4-8-16/h13-15H,2-12,17H2,1H3. The summed E-state index contributed by atoms with van der Waals surface area (Å²) in [4.78, 5) is 2.83. The molecule has 3 unspecified atom stereocenters. The fourth-order valence-electron chi connectivity index (χ4n) is 4.86. The van der Waals surface area contributed by atoms with E-state index >= 15 is 0 Å². The Kier molecular flexibility index (Phi) is 3.68. The summed E-state index contributed by atoms with van der Waals surface area (Å²) in [5.74, 6) is 1.59. The molecule has 3 fully saturated rings. The lowest BCUT2D eigenvalue weighted by molar-refractivity contribution is -0.0731. The lowest BCUT2D eigenvalue weighted by atomic mass is 9.56. The van der Waals surface area contributed by atoms with Gasteiger partial charge in [-0.15, -0.1) is 0 Å². The molecule has 2 saturated carbocycles. The average molecular weight is 250 g/mol. The Hall–Kier alpha value is -0.0800. The zero-order valence-electron chi connectivity index (χ0n) is 12.0. The Morgan fingerprint density at radius 3 is 2.50 bits per heavy atom. The molecule has 3 rings (SSSR count). The number of rotatable bonds is 2. The number of nitrogens with zero attached hydrogens (tertiary/aromatic N) is 1. The third-order valence-electron chi connectivity index (χ3n) is 6.36. The van der Waals surface area contributed by atoms with Gasteiger partial charge < -0.3 is 5.73 Å². The minimum atomic E-state index is 0.734. The Bertz CT molecular complexity index is 283. The first-order valence-electron chi connectivity index (χ1n) is 8.19. The summed E-state index contributed by atoms with van der Waals surface area (Å²) in [6, 6.07) is 0.916. The minimum Gasteiger partial charge on any atom is -0.330 e. The van der Waals surface area contributed by atoms with Crippen molar-refractivity contribution in [2.24, 2.45) is 23.0 Å². The van der Waals surface area contributed by atoms with E-state index in [9.17, 15) is 0 Å². The predicted molar refractivity (Wildman–Crippen MR) is 76.4 cm³/mol. The van der Waals surface area contributed by atoms with Gasteiger partial charge in [0.1, 0.15) is 0 Å². The van der Waals surface area contributed by atoms with Gasteiger partial charge in [-0.25, -0.2) is 0 Å². The third-order valence-corrected chi connectivity index (χ3v) is 6.36. The fourth-order valence-corrected chi connectivity index (χ4v) is 4.86. The number of hydrogen-bond acceptors (Lipinski definition) is 2. The zero-order valence-corrected chi connectivity index (χ0v) is 12.0. The normalized spacial score (nSPS) is 40.7. The average Bonchev–Trinajstić information content (AvgIpc) is 2.40.